The maximum absolute atomic E-state index is 6.32. The highest BCUT2D eigenvalue weighted by Gasteiger charge is 2.40. The van der Waals surface area contributed by atoms with Crippen LogP contribution < -0.4 is 0 Å². The number of nitrogens with zero attached hydrogens (tertiary/aromatic N) is 3. The molecule has 6 aromatic carbocycles. The predicted octanol–water partition coefficient (Wildman–Crippen LogP) is 10.2. The number of hydrogen-bond donors (Lipinski definition) is 0. The first kappa shape index (κ1) is 24.9. The number of furan rings is 1. The van der Waals surface area contributed by atoms with Gasteiger partial charge in [0.1, 0.15) is 11.2 Å². The van der Waals surface area contributed by atoms with Crippen LogP contribution in [0.4, 0.5) is 0 Å². The van der Waals surface area contributed by atoms with Crippen molar-refractivity contribution in [2.24, 2.45) is 0 Å². The van der Waals surface area contributed by atoms with Crippen molar-refractivity contribution in [1.82, 2.24) is 15.0 Å². The molecule has 0 fully saturated rings. The summed E-state index contributed by atoms with van der Waals surface area (Å²) < 4.78 is 6.32. The molecule has 2 heterocycles. The van der Waals surface area contributed by atoms with E-state index in [2.05, 4.69) is 111 Å². The standard InChI is InChI=1S/C40H27N3O/c1-40(2)35-27(28-22-23-33-34(36(28)40)30-17-8-9-21-32(30)44-33)18-11-20-31(35)39-42-37(25-13-4-3-5-14-25)41-38(43-39)29-19-10-15-24-12-6-7-16-26(24)29/h3-23H,1-2H3. The van der Waals surface area contributed by atoms with E-state index in [4.69, 9.17) is 19.4 Å². The van der Waals surface area contributed by atoms with E-state index in [1.54, 1.807) is 0 Å². The maximum atomic E-state index is 6.32. The van der Waals surface area contributed by atoms with Gasteiger partial charge in [0.15, 0.2) is 17.5 Å². The maximum Gasteiger partial charge on any atom is 0.164 e. The van der Waals surface area contributed by atoms with E-state index in [0.717, 1.165) is 44.0 Å². The van der Waals surface area contributed by atoms with E-state index in [1.165, 1.54) is 27.6 Å². The van der Waals surface area contributed by atoms with Crippen LogP contribution in [-0.2, 0) is 5.41 Å². The Kier molecular flexibility index (Phi) is 5.21. The van der Waals surface area contributed by atoms with Crippen molar-refractivity contribution in [1.29, 1.82) is 0 Å². The molecule has 1 aliphatic rings. The number of fused-ring (bicyclic) bond motifs is 8. The second-order valence-electron chi connectivity index (χ2n) is 12.0. The Morgan fingerprint density at radius 2 is 1.07 bits per heavy atom. The van der Waals surface area contributed by atoms with Crippen molar-refractivity contribution in [3.63, 3.8) is 0 Å². The van der Waals surface area contributed by atoms with Crippen molar-refractivity contribution < 1.29 is 4.42 Å². The lowest BCUT2D eigenvalue weighted by atomic mass is 9.78. The highest BCUT2D eigenvalue weighted by atomic mass is 16.3. The number of hydrogen-bond acceptors (Lipinski definition) is 4. The van der Waals surface area contributed by atoms with Crippen LogP contribution in [-0.4, -0.2) is 15.0 Å². The van der Waals surface area contributed by atoms with Crippen molar-refractivity contribution in [3.8, 4) is 45.3 Å². The molecule has 8 aromatic rings. The molecular weight excluding hydrogens is 538 g/mol. The third-order valence-electron chi connectivity index (χ3n) is 9.09. The summed E-state index contributed by atoms with van der Waals surface area (Å²) in [5.74, 6) is 2.00. The SMILES string of the molecule is CC1(C)c2c(-c3nc(-c4ccccc4)nc(-c4cccc5ccccc45)n3)cccc2-c2ccc3oc4ccccc4c3c21. The summed E-state index contributed by atoms with van der Waals surface area (Å²) in [7, 11) is 0. The normalized spacial score (nSPS) is 13.4. The van der Waals surface area contributed by atoms with E-state index in [9.17, 15) is 0 Å². The van der Waals surface area contributed by atoms with E-state index in [1.807, 2.05) is 30.3 Å². The number of para-hydroxylation sites is 1. The largest absolute Gasteiger partial charge is 0.456 e. The molecule has 2 aromatic heterocycles. The second-order valence-corrected chi connectivity index (χ2v) is 12.0. The topological polar surface area (TPSA) is 51.8 Å². The van der Waals surface area contributed by atoms with Crippen LogP contribution in [0.1, 0.15) is 25.0 Å². The van der Waals surface area contributed by atoms with Crippen molar-refractivity contribution in [2.45, 2.75) is 19.3 Å². The summed E-state index contributed by atoms with van der Waals surface area (Å²) in [6.45, 7) is 4.63. The zero-order valence-corrected chi connectivity index (χ0v) is 24.4. The average molecular weight is 566 g/mol. The molecule has 0 saturated heterocycles. The molecular formula is C40H27N3O. The third kappa shape index (κ3) is 3.54. The third-order valence-corrected chi connectivity index (χ3v) is 9.09. The fourth-order valence-electron chi connectivity index (χ4n) is 7.21. The molecule has 0 bridgehead atoms. The number of rotatable bonds is 3. The lowest BCUT2D eigenvalue weighted by Crippen LogP contribution is -2.17. The van der Waals surface area contributed by atoms with Crippen LogP contribution in [0.5, 0.6) is 0 Å². The van der Waals surface area contributed by atoms with E-state index in [0.29, 0.717) is 17.5 Å². The molecule has 0 radical (unpaired) electrons. The Hall–Kier alpha value is -5.61. The van der Waals surface area contributed by atoms with Gasteiger partial charge < -0.3 is 4.42 Å². The Morgan fingerprint density at radius 3 is 1.93 bits per heavy atom. The molecule has 0 N–H and O–H groups in total. The molecule has 4 nitrogen and oxygen atoms in total. The Morgan fingerprint density at radius 1 is 0.455 bits per heavy atom. The van der Waals surface area contributed by atoms with Crippen molar-refractivity contribution in [2.75, 3.05) is 0 Å². The van der Waals surface area contributed by atoms with Crippen molar-refractivity contribution >= 4 is 32.7 Å². The van der Waals surface area contributed by atoms with Gasteiger partial charge in [-0.05, 0) is 45.2 Å². The van der Waals surface area contributed by atoms with Gasteiger partial charge in [0.05, 0.1) is 0 Å². The molecule has 1 aliphatic carbocycles. The summed E-state index contributed by atoms with van der Waals surface area (Å²) in [5.41, 5.74) is 9.42. The average Bonchev–Trinajstić information content (AvgIpc) is 3.56. The lowest BCUT2D eigenvalue weighted by Gasteiger charge is -2.25. The minimum absolute atomic E-state index is 0.327. The first-order valence-electron chi connectivity index (χ1n) is 15.0. The van der Waals surface area contributed by atoms with Crippen LogP contribution in [0.2, 0.25) is 0 Å². The molecule has 0 saturated carbocycles. The number of benzene rings is 6. The molecule has 0 aliphatic heterocycles. The van der Waals surface area contributed by atoms with Gasteiger partial charge in [-0.3, -0.25) is 0 Å². The van der Waals surface area contributed by atoms with Gasteiger partial charge in [0.2, 0.25) is 0 Å². The van der Waals surface area contributed by atoms with E-state index >= 15 is 0 Å². The summed E-state index contributed by atoms with van der Waals surface area (Å²) in [4.78, 5) is 15.4. The fourth-order valence-corrected chi connectivity index (χ4v) is 7.21. The summed E-state index contributed by atoms with van der Waals surface area (Å²) in [5, 5.41) is 4.60. The van der Waals surface area contributed by atoms with Crippen LogP contribution in [0.3, 0.4) is 0 Å². The summed E-state index contributed by atoms with van der Waals surface area (Å²) in [6.07, 6.45) is 0. The smallest absolute Gasteiger partial charge is 0.164 e. The molecule has 44 heavy (non-hydrogen) atoms. The highest BCUT2D eigenvalue weighted by Crippen LogP contribution is 2.55. The summed E-state index contributed by atoms with van der Waals surface area (Å²) in [6, 6.07) is 44.0. The summed E-state index contributed by atoms with van der Waals surface area (Å²) >= 11 is 0. The molecule has 0 amide bonds. The highest BCUT2D eigenvalue weighted by molar-refractivity contribution is 6.11. The Balaban J connectivity index is 1.32. The van der Waals surface area contributed by atoms with Gasteiger partial charge in [0.25, 0.3) is 0 Å². The van der Waals surface area contributed by atoms with Gasteiger partial charge in [-0.15, -0.1) is 0 Å². The van der Waals surface area contributed by atoms with E-state index < -0.39 is 0 Å². The van der Waals surface area contributed by atoms with Gasteiger partial charge in [-0.2, -0.15) is 0 Å². The van der Waals surface area contributed by atoms with Gasteiger partial charge in [-0.1, -0.05) is 129 Å². The van der Waals surface area contributed by atoms with Gasteiger partial charge in [0, 0.05) is 32.9 Å². The Labute approximate surface area is 254 Å². The van der Waals surface area contributed by atoms with Crippen LogP contribution >= 0.6 is 0 Å². The molecule has 208 valence electrons. The molecule has 4 heteroatoms. The minimum Gasteiger partial charge on any atom is -0.456 e. The van der Waals surface area contributed by atoms with Gasteiger partial charge >= 0.3 is 0 Å². The zero-order chi connectivity index (χ0) is 29.4. The van der Waals surface area contributed by atoms with Crippen LogP contribution in [0, 0.1) is 0 Å². The van der Waals surface area contributed by atoms with E-state index in [-0.39, 0.29) is 5.41 Å². The predicted molar refractivity (Wildman–Crippen MR) is 178 cm³/mol. The van der Waals surface area contributed by atoms with Crippen LogP contribution in [0.15, 0.2) is 132 Å². The molecule has 0 atom stereocenters. The van der Waals surface area contributed by atoms with Crippen LogP contribution in [0.25, 0.3) is 78.0 Å². The first-order valence-corrected chi connectivity index (χ1v) is 15.0. The Bertz CT molecular complexity index is 2420. The lowest BCUT2D eigenvalue weighted by molar-refractivity contribution is 0.657. The van der Waals surface area contributed by atoms with Crippen molar-refractivity contribution in [3.05, 3.63) is 139 Å². The zero-order valence-electron chi connectivity index (χ0n) is 24.4. The molecule has 0 unspecified atom stereocenters. The first-order chi connectivity index (χ1) is 21.6. The number of aromatic nitrogens is 3. The molecule has 9 rings (SSSR count). The monoisotopic (exact) mass is 565 g/mol. The van der Waals surface area contributed by atoms with Gasteiger partial charge in [-0.25, -0.2) is 15.0 Å². The molecule has 0 spiro atoms. The fraction of sp³-hybridized carbons (Fsp3) is 0.0750. The minimum atomic E-state index is -0.327. The quantitative estimate of drug-likeness (QED) is 0.214. The second kappa shape index (κ2) is 9.19.